The number of nitrogens with one attached hydrogen (secondary N) is 1. The summed E-state index contributed by atoms with van der Waals surface area (Å²) >= 11 is 0. The number of carbonyl (C=O) groups is 1. The molecule has 2 amide bonds. The lowest BCUT2D eigenvalue weighted by Gasteiger charge is -2.28. The normalized spacial score (nSPS) is 16.9. The van der Waals surface area contributed by atoms with Crippen molar-refractivity contribution in [2.24, 2.45) is 11.8 Å². The Hall–Kier alpha value is -2.37. The molecule has 2 aromatic rings. The zero-order valence-corrected chi connectivity index (χ0v) is 14.6. The first kappa shape index (κ1) is 16.1. The zero-order chi connectivity index (χ0) is 17.2. The minimum atomic E-state index is 0.0467. The topological polar surface area (TPSA) is 63.1 Å². The summed E-state index contributed by atoms with van der Waals surface area (Å²) in [6, 6.07) is 8.74. The Morgan fingerprint density at radius 1 is 1.28 bits per heavy atom. The molecule has 1 heterocycles. The van der Waals surface area contributed by atoms with Crippen LogP contribution in [0.5, 0.6) is 0 Å². The quantitative estimate of drug-likeness (QED) is 0.843. The highest BCUT2D eigenvalue weighted by atomic mass is 16.2. The molecule has 6 heteroatoms. The summed E-state index contributed by atoms with van der Waals surface area (Å²) in [5.74, 6) is 1.46. The Kier molecular flexibility index (Phi) is 4.42. The Balaban J connectivity index is 1.33. The fourth-order valence-corrected chi connectivity index (χ4v) is 3.67. The number of amides is 2. The van der Waals surface area contributed by atoms with Gasteiger partial charge in [0.25, 0.3) is 0 Å². The molecule has 25 heavy (non-hydrogen) atoms. The molecular formula is C19H25N5O. The van der Waals surface area contributed by atoms with E-state index in [0.29, 0.717) is 19.1 Å². The van der Waals surface area contributed by atoms with E-state index in [9.17, 15) is 4.79 Å². The predicted molar refractivity (Wildman–Crippen MR) is 94.8 cm³/mol. The van der Waals surface area contributed by atoms with Gasteiger partial charge in [-0.2, -0.15) is 5.10 Å². The predicted octanol–water partition coefficient (Wildman–Crippen LogP) is 2.66. The van der Waals surface area contributed by atoms with Crippen molar-refractivity contribution in [3.63, 3.8) is 0 Å². The molecule has 0 saturated heterocycles. The smallest absolute Gasteiger partial charge is 0.317 e. The van der Waals surface area contributed by atoms with E-state index in [1.807, 2.05) is 24.1 Å². The van der Waals surface area contributed by atoms with Crippen LogP contribution in [0, 0.1) is 11.8 Å². The van der Waals surface area contributed by atoms with Crippen molar-refractivity contribution in [1.82, 2.24) is 25.0 Å². The van der Waals surface area contributed by atoms with Crippen LogP contribution in [0.3, 0.4) is 0 Å². The third-order valence-corrected chi connectivity index (χ3v) is 5.22. The van der Waals surface area contributed by atoms with E-state index in [4.69, 9.17) is 0 Å². The maximum Gasteiger partial charge on any atom is 0.317 e. The second-order valence-corrected chi connectivity index (χ2v) is 7.35. The molecule has 0 atom stereocenters. The fourth-order valence-electron chi connectivity index (χ4n) is 3.67. The van der Waals surface area contributed by atoms with Gasteiger partial charge in [-0.3, -0.25) is 0 Å². The number of nitrogens with zero attached hydrogens (tertiary/aromatic N) is 4. The molecule has 2 aliphatic rings. The van der Waals surface area contributed by atoms with E-state index in [1.165, 1.54) is 32.0 Å². The number of urea groups is 1. The van der Waals surface area contributed by atoms with Crippen LogP contribution in [0.4, 0.5) is 4.79 Å². The van der Waals surface area contributed by atoms with E-state index in [1.54, 1.807) is 11.0 Å². The van der Waals surface area contributed by atoms with Gasteiger partial charge in [-0.05, 0) is 48.6 Å². The van der Waals surface area contributed by atoms with Gasteiger partial charge < -0.3 is 10.2 Å². The maximum absolute atomic E-state index is 12.6. The van der Waals surface area contributed by atoms with Gasteiger partial charge in [0.15, 0.2) is 0 Å². The van der Waals surface area contributed by atoms with Crippen LogP contribution in [0.15, 0.2) is 36.9 Å². The summed E-state index contributed by atoms with van der Waals surface area (Å²) in [5.41, 5.74) is 2.26. The summed E-state index contributed by atoms with van der Waals surface area (Å²) in [6.07, 6.45) is 8.37. The van der Waals surface area contributed by atoms with Crippen molar-refractivity contribution in [2.45, 2.75) is 44.8 Å². The first-order chi connectivity index (χ1) is 12.2. The van der Waals surface area contributed by atoms with Gasteiger partial charge in [-0.25, -0.2) is 14.5 Å². The third kappa shape index (κ3) is 4.00. The summed E-state index contributed by atoms with van der Waals surface area (Å²) in [6.45, 7) is 1.24. The van der Waals surface area contributed by atoms with Gasteiger partial charge >= 0.3 is 6.03 Å². The highest BCUT2D eigenvalue weighted by Crippen LogP contribution is 2.46. The van der Waals surface area contributed by atoms with Crippen molar-refractivity contribution in [2.75, 3.05) is 7.05 Å². The molecule has 1 aromatic heterocycles. The van der Waals surface area contributed by atoms with Crippen molar-refractivity contribution in [1.29, 1.82) is 0 Å². The van der Waals surface area contributed by atoms with Crippen molar-refractivity contribution < 1.29 is 4.79 Å². The van der Waals surface area contributed by atoms with E-state index in [2.05, 4.69) is 27.5 Å². The van der Waals surface area contributed by atoms with Gasteiger partial charge in [-0.1, -0.05) is 24.3 Å². The lowest BCUT2D eigenvalue weighted by Crippen LogP contribution is -2.45. The molecule has 0 aliphatic heterocycles. The van der Waals surface area contributed by atoms with E-state index in [0.717, 1.165) is 23.0 Å². The van der Waals surface area contributed by atoms with E-state index >= 15 is 0 Å². The van der Waals surface area contributed by atoms with Gasteiger partial charge in [0.05, 0.1) is 6.54 Å². The molecule has 0 spiro atoms. The van der Waals surface area contributed by atoms with Crippen LogP contribution < -0.4 is 5.32 Å². The number of hydrogen-bond acceptors (Lipinski definition) is 3. The van der Waals surface area contributed by atoms with Crippen LogP contribution in [0.1, 0.15) is 36.8 Å². The third-order valence-electron chi connectivity index (χ3n) is 5.22. The van der Waals surface area contributed by atoms with Crippen LogP contribution in [0.25, 0.3) is 0 Å². The summed E-state index contributed by atoms with van der Waals surface area (Å²) in [4.78, 5) is 18.5. The van der Waals surface area contributed by atoms with Crippen LogP contribution in [-0.2, 0) is 13.1 Å². The first-order valence-corrected chi connectivity index (χ1v) is 9.11. The van der Waals surface area contributed by atoms with Crippen molar-refractivity contribution in [3.8, 4) is 0 Å². The van der Waals surface area contributed by atoms with Crippen molar-refractivity contribution >= 4 is 6.03 Å². The average molecular weight is 339 g/mol. The van der Waals surface area contributed by atoms with E-state index < -0.39 is 0 Å². The minimum absolute atomic E-state index is 0.0467. The van der Waals surface area contributed by atoms with Gasteiger partial charge in [-0.15, -0.1) is 0 Å². The number of carbonyl (C=O) groups excluding carboxylic acids is 1. The highest BCUT2D eigenvalue weighted by molar-refractivity contribution is 5.74. The van der Waals surface area contributed by atoms with Gasteiger partial charge in [0, 0.05) is 19.6 Å². The lowest BCUT2D eigenvalue weighted by atomic mass is 10.1. The van der Waals surface area contributed by atoms with Crippen LogP contribution in [-0.4, -0.2) is 38.8 Å². The lowest BCUT2D eigenvalue weighted by molar-refractivity contribution is 0.173. The molecule has 132 valence electrons. The second-order valence-electron chi connectivity index (χ2n) is 7.35. The first-order valence-electron chi connectivity index (χ1n) is 9.11. The molecule has 1 N–H and O–H groups in total. The van der Waals surface area contributed by atoms with Gasteiger partial charge in [0.2, 0.25) is 0 Å². The Morgan fingerprint density at radius 3 is 2.64 bits per heavy atom. The second kappa shape index (κ2) is 6.86. The summed E-state index contributed by atoms with van der Waals surface area (Å²) < 4.78 is 1.79. The molecule has 6 nitrogen and oxygen atoms in total. The fraction of sp³-hybridized carbons (Fsp3) is 0.526. The number of hydrogen-bond donors (Lipinski definition) is 1. The Bertz CT molecular complexity index is 709. The minimum Gasteiger partial charge on any atom is -0.334 e. The zero-order valence-electron chi connectivity index (χ0n) is 14.6. The van der Waals surface area contributed by atoms with Crippen LogP contribution >= 0.6 is 0 Å². The highest BCUT2D eigenvalue weighted by Gasteiger charge is 2.44. The maximum atomic E-state index is 12.6. The molecule has 2 saturated carbocycles. The number of rotatable bonds is 7. The standard InChI is InChI=1S/C19H25N5O/c1-23(18(16-5-6-16)17-7-8-17)19(25)21-10-14-3-2-4-15(9-14)11-24-13-20-12-22-24/h2-4,9,12-13,16-18H,5-8,10-11H2,1H3,(H,21,25). The van der Waals surface area contributed by atoms with Crippen LogP contribution in [0.2, 0.25) is 0 Å². The largest absolute Gasteiger partial charge is 0.334 e. The Morgan fingerprint density at radius 2 is 2.00 bits per heavy atom. The van der Waals surface area contributed by atoms with Gasteiger partial charge in [0.1, 0.15) is 12.7 Å². The Labute approximate surface area is 148 Å². The molecule has 1 aromatic carbocycles. The molecule has 0 radical (unpaired) electrons. The summed E-state index contributed by atoms with van der Waals surface area (Å²) in [7, 11) is 1.96. The molecule has 0 unspecified atom stereocenters. The number of benzene rings is 1. The summed E-state index contributed by atoms with van der Waals surface area (Å²) in [5, 5.41) is 7.21. The SMILES string of the molecule is CN(C(=O)NCc1cccc(Cn2cncn2)c1)C(C1CC1)C1CC1. The molecular weight excluding hydrogens is 314 g/mol. The molecule has 0 bridgehead atoms. The van der Waals surface area contributed by atoms with Crippen molar-refractivity contribution in [3.05, 3.63) is 48.0 Å². The van der Waals surface area contributed by atoms with E-state index in [-0.39, 0.29) is 6.03 Å². The molecule has 2 fully saturated rings. The molecule has 4 rings (SSSR count). The monoisotopic (exact) mass is 339 g/mol. The molecule has 2 aliphatic carbocycles. The average Bonchev–Trinajstić information content (AvgIpc) is 3.55. The number of aromatic nitrogens is 3.